The fourth-order valence-electron chi connectivity index (χ4n) is 1.79. The minimum absolute atomic E-state index is 0.825. The smallest absolute Gasteiger partial charge is 0.138 e. The molecule has 2 heterocycles. The highest BCUT2D eigenvalue weighted by atomic mass is 32.1. The first-order valence-electron chi connectivity index (χ1n) is 5.76. The standard InChI is InChI=1S/C12H18N4S/c1-7-8(2)17-12-10(7)11(14-6-5-13-4)15-9(3)16-12/h13H,5-6H2,1-4H3,(H,14,15,16). The Balaban J connectivity index is 2.44. The molecule has 0 unspecified atom stereocenters. The molecular formula is C12H18N4S. The number of likely N-dealkylation sites (N-methyl/N-ethyl adjacent to an activating group) is 1. The maximum absolute atomic E-state index is 4.50. The molecule has 2 aromatic rings. The molecule has 0 fully saturated rings. The predicted octanol–water partition coefficient (Wildman–Crippen LogP) is 2.25. The van der Waals surface area contributed by atoms with Crippen molar-refractivity contribution in [3.8, 4) is 0 Å². The molecule has 0 atom stereocenters. The summed E-state index contributed by atoms with van der Waals surface area (Å²) in [6.45, 7) is 8.00. The molecule has 2 rings (SSSR count). The molecule has 0 saturated heterocycles. The van der Waals surface area contributed by atoms with Crippen LogP contribution in [-0.4, -0.2) is 30.1 Å². The number of fused-ring (bicyclic) bond motifs is 1. The molecule has 0 aliphatic rings. The van der Waals surface area contributed by atoms with Gasteiger partial charge in [0.15, 0.2) is 0 Å². The van der Waals surface area contributed by atoms with Gasteiger partial charge in [-0.05, 0) is 33.4 Å². The summed E-state index contributed by atoms with van der Waals surface area (Å²) >= 11 is 1.74. The van der Waals surface area contributed by atoms with Crippen LogP contribution in [0.5, 0.6) is 0 Å². The van der Waals surface area contributed by atoms with Crippen molar-refractivity contribution in [2.45, 2.75) is 20.8 Å². The van der Waals surface area contributed by atoms with Crippen molar-refractivity contribution in [3.05, 3.63) is 16.3 Å². The topological polar surface area (TPSA) is 49.8 Å². The van der Waals surface area contributed by atoms with Crippen LogP contribution in [0.4, 0.5) is 5.82 Å². The fraction of sp³-hybridized carbons (Fsp3) is 0.500. The Morgan fingerprint density at radius 3 is 2.59 bits per heavy atom. The van der Waals surface area contributed by atoms with E-state index in [4.69, 9.17) is 0 Å². The Labute approximate surface area is 105 Å². The second kappa shape index (κ2) is 4.98. The molecule has 4 nitrogen and oxygen atoms in total. The molecule has 0 radical (unpaired) electrons. The number of thiophene rings is 1. The summed E-state index contributed by atoms with van der Waals surface area (Å²) < 4.78 is 0. The number of anilines is 1. The van der Waals surface area contributed by atoms with Crippen molar-refractivity contribution in [2.24, 2.45) is 0 Å². The second-order valence-corrected chi connectivity index (χ2v) is 5.32. The molecule has 5 heteroatoms. The maximum atomic E-state index is 4.50. The molecule has 2 aromatic heterocycles. The first-order chi connectivity index (χ1) is 8.13. The molecule has 0 amide bonds. The average Bonchev–Trinajstić information content (AvgIpc) is 2.54. The zero-order valence-electron chi connectivity index (χ0n) is 10.7. The van der Waals surface area contributed by atoms with Gasteiger partial charge in [-0.1, -0.05) is 0 Å². The van der Waals surface area contributed by atoms with E-state index >= 15 is 0 Å². The number of hydrogen-bond donors (Lipinski definition) is 2. The van der Waals surface area contributed by atoms with Crippen molar-refractivity contribution in [1.82, 2.24) is 15.3 Å². The number of aromatic nitrogens is 2. The molecule has 0 bridgehead atoms. The van der Waals surface area contributed by atoms with Crippen LogP contribution in [0.15, 0.2) is 0 Å². The largest absolute Gasteiger partial charge is 0.368 e. The van der Waals surface area contributed by atoms with Crippen LogP contribution in [-0.2, 0) is 0 Å². The van der Waals surface area contributed by atoms with Gasteiger partial charge in [0.1, 0.15) is 16.5 Å². The first-order valence-corrected chi connectivity index (χ1v) is 6.58. The maximum Gasteiger partial charge on any atom is 0.138 e. The average molecular weight is 250 g/mol. The molecule has 0 saturated carbocycles. The third kappa shape index (κ3) is 2.40. The van der Waals surface area contributed by atoms with Crippen LogP contribution in [0.3, 0.4) is 0 Å². The van der Waals surface area contributed by atoms with E-state index in [0.717, 1.165) is 29.6 Å². The normalized spacial score (nSPS) is 11.1. The van der Waals surface area contributed by atoms with E-state index in [1.54, 1.807) is 11.3 Å². The van der Waals surface area contributed by atoms with E-state index in [9.17, 15) is 0 Å². The number of aryl methyl sites for hydroxylation is 3. The summed E-state index contributed by atoms with van der Waals surface area (Å²) in [6, 6.07) is 0. The number of nitrogens with one attached hydrogen (secondary N) is 2. The van der Waals surface area contributed by atoms with Crippen LogP contribution in [0, 0.1) is 20.8 Å². The van der Waals surface area contributed by atoms with E-state index in [-0.39, 0.29) is 0 Å². The quantitative estimate of drug-likeness (QED) is 0.817. The third-order valence-corrected chi connectivity index (χ3v) is 3.91. The van der Waals surface area contributed by atoms with E-state index in [2.05, 4.69) is 34.4 Å². The molecule has 2 N–H and O–H groups in total. The van der Waals surface area contributed by atoms with Crippen molar-refractivity contribution < 1.29 is 0 Å². The Kier molecular flexibility index (Phi) is 3.59. The summed E-state index contributed by atoms with van der Waals surface area (Å²) in [6.07, 6.45) is 0. The minimum Gasteiger partial charge on any atom is -0.368 e. The second-order valence-electron chi connectivity index (χ2n) is 4.11. The highest BCUT2D eigenvalue weighted by Crippen LogP contribution is 2.32. The molecular weight excluding hydrogens is 232 g/mol. The lowest BCUT2D eigenvalue weighted by atomic mass is 10.2. The van der Waals surface area contributed by atoms with E-state index < -0.39 is 0 Å². The molecule has 92 valence electrons. The van der Waals surface area contributed by atoms with Gasteiger partial charge in [-0.3, -0.25) is 0 Å². The zero-order valence-corrected chi connectivity index (χ0v) is 11.5. The first kappa shape index (κ1) is 12.3. The fourth-order valence-corrected chi connectivity index (χ4v) is 2.86. The van der Waals surface area contributed by atoms with Crippen LogP contribution >= 0.6 is 11.3 Å². The highest BCUT2D eigenvalue weighted by molar-refractivity contribution is 7.18. The Bertz CT molecular complexity index is 533. The lowest BCUT2D eigenvalue weighted by Gasteiger charge is -2.08. The van der Waals surface area contributed by atoms with Crippen LogP contribution in [0.1, 0.15) is 16.3 Å². The summed E-state index contributed by atoms with van der Waals surface area (Å²) in [4.78, 5) is 11.4. The summed E-state index contributed by atoms with van der Waals surface area (Å²) in [5.41, 5.74) is 1.29. The Hall–Kier alpha value is -1.20. The Morgan fingerprint density at radius 2 is 1.88 bits per heavy atom. The van der Waals surface area contributed by atoms with Crippen molar-refractivity contribution in [1.29, 1.82) is 0 Å². The SMILES string of the molecule is CNCCNc1nc(C)nc2sc(C)c(C)c12. The molecule has 0 aliphatic heterocycles. The monoisotopic (exact) mass is 250 g/mol. The lowest BCUT2D eigenvalue weighted by molar-refractivity contribution is 0.821. The number of rotatable bonds is 4. The molecule has 0 aromatic carbocycles. The minimum atomic E-state index is 0.825. The summed E-state index contributed by atoms with van der Waals surface area (Å²) in [7, 11) is 1.95. The highest BCUT2D eigenvalue weighted by Gasteiger charge is 2.12. The number of nitrogens with zero attached hydrogens (tertiary/aromatic N) is 2. The summed E-state index contributed by atoms with van der Waals surface area (Å²) in [5.74, 6) is 1.79. The van der Waals surface area contributed by atoms with E-state index in [0.29, 0.717) is 0 Å². The Morgan fingerprint density at radius 1 is 1.12 bits per heavy atom. The van der Waals surface area contributed by atoms with Gasteiger partial charge in [-0.2, -0.15) is 0 Å². The van der Waals surface area contributed by atoms with Gasteiger partial charge in [0.2, 0.25) is 0 Å². The van der Waals surface area contributed by atoms with Gasteiger partial charge in [-0.15, -0.1) is 11.3 Å². The van der Waals surface area contributed by atoms with Crippen LogP contribution < -0.4 is 10.6 Å². The molecule has 17 heavy (non-hydrogen) atoms. The van der Waals surface area contributed by atoms with Gasteiger partial charge >= 0.3 is 0 Å². The van der Waals surface area contributed by atoms with Gasteiger partial charge in [-0.25, -0.2) is 9.97 Å². The van der Waals surface area contributed by atoms with Gasteiger partial charge in [0, 0.05) is 18.0 Å². The van der Waals surface area contributed by atoms with Crippen molar-refractivity contribution in [2.75, 3.05) is 25.5 Å². The number of hydrogen-bond acceptors (Lipinski definition) is 5. The third-order valence-electron chi connectivity index (χ3n) is 2.81. The lowest BCUT2D eigenvalue weighted by Crippen LogP contribution is -2.18. The van der Waals surface area contributed by atoms with E-state index in [1.807, 2.05) is 14.0 Å². The van der Waals surface area contributed by atoms with Crippen LogP contribution in [0.25, 0.3) is 10.2 Å². The van der Waals surface area contributed by atoms with Gasteiger partial charge in [0.05, 0.1) is 5.39 Å². The van der Waals surface area contributed by atoms with Gasteiger partial charge in [0.25, 0.3) is 0 Å². The van der Waals surface area contributed by atoms with Crippen LogP contribution in [0.2, 0.25) is 0 Å². The van der Waals surface area contributed by atoms with Crippen molar-refractivity contribution >= 4 is 27.4 Å². The molecule has 0 spiro atoms. The zero-order chi connectivity index (χ0) is 12.4. The molecule has 0 aliphatic carbocycles. The van der Waals surface area contributed by atoms with E-state index in [1.165, 1.54) is 15.8 Å². The predicted molar refractivity (Wildman–Crippen MR) is 74.0 cm³/mol. The van der Waals surface area contributed by atoms with Gasteiger partial charge < -0.3 is 10.6 Å². The van der Waals surface area contributed by atoms with Crippen molar-refractivity contribution in [3.63, 3.8) is 0 Å². The summed E-state index contributed by atoms with van der Waals surface area (Å²) in [5, 5.41) is 7.67.